The number of fused-ring (bicyclic) bond motifs is 4. The number of ketones is 1. The van der Waals surface area contributed by atoms with E-state index in [1.54, 1.807) is 56.3 Å². The molecule has 0 bridgehead atoms. The maximum Gasteiger partial charge on any atom is 0.241 e. The van der Waals surface area contributed by atoms with Crippen molar-refractivity contribution in [3.63, 3.8) is 0 Å². The number of allylic oxidation sites excluding steroid dienone is 2. The molecule has 0 spiro atoms. The number of hydrogen-bond acceptors (Lipinski definition) is 7. The number of carbonyl (C=O) groups is 5. The average Bonchev–Trinajstić information content (AvgIpc) is 3.43. The van der Waals surface area contributed by atoms with Crippen molar-refractivity contribution in [1.82, 2.24) is 0 Å². The second-order valence-corrected chi connectivity index (χ2v) is 13.4. The molecule has 1 N–H and O–H groups in total. The first kappa shape index (κ1) is 31.8. The number of imide groups is 2. The number of ether oxygens (including phenoxy) is 1. The van der Waals surface area contributed by atoms with Gasteiger partial charge in [0.1, 0.15) is 5.82 Å². The minimum Gasteiger partial charge on any atom is -0.504 e. The number of Topliss-reactive ketones (excluding diaryl/α,β-unsaturated/α-hetero) is 1. The first-order valence-corrected chi connectivity index (χ1v) is 16.2. The van der Waals surface area contributed by atoms with E-state index in [2.05, 4.69) is 0 Å². The number of hydrogen-bond donors (Lipinski definition) is 1. The number of halogens is 2. The second-order valence-electron chi connectivity index (χ2n) is 13.0. The van der Waals surface area contributed by atoms with Crippen LogP contribution in [0, 0.1) is 34.9 Å². The van der Waals surface area contributed by atoms with Gasteiger partial charge < -0.3 is 9.84 Å². The number of aromatic hydroxyl groups is 1. The minimum atomic E-state index is -1.43. The Kier molecular flexibility index (Phi) is 7.54. The van der Waals surface area contributed by atoms with Crippen LogP contribution in [0.1, 0.15) is 55.5 Å². The number of rotatable bonds is 6. The molecule has 11 heteroatoms. The molecule has 2 saturated heterocycles. The summed E-state index contributed by atoms with van der Waals surface area (Å²) >= 11 is 6.07. The Hall–Kier alpha value is -4.83. The lowest BCUT2D eigenvalue weighted by atomic mass is 9.51. The molecule has 246 valence electrons. The number of carbonyl (C=O) groups excluding carboxylic acids is 5. The third kappa shape index (κ3) is 4.45. The lowest BCUT2D eigenvalue weighted by molar-refractivity contribution is -0.131. The van der Waals surface area contributed by atoms with Gasteiger partial charge in [-0.1, -0.05) is 35.4 Å². The summed E-state index contributed by atoms with van der Waals surface area (Å²) in [7, 11) is 0. The highest BCUT2D eigenvalue weighted by Gasteiger charge is 2.68. The van der Waals surface area contributed by atoms with Gasteiger partial charge in [0.2, 0.25) is 23.6 Å². The van der Waals surface area contributed by atoms with Crippen LogP contribution in [0.5, 0.6) is 11.5 Å². The summed E-state index contributed by atoms with van der Waals surface area (Å²) in [6.07, 6.45) is 2.19. The number of amides is 4. The molecule has 2 aliphatic heterocycles. The molecule has 9 nitrogen and oxygen atoms in total. The van der Waals surface area contributed by atoms with E-state index in [0.717, 1.165) is 15.9 Å². The molecular formula is C37H32ClFN2O7. The van der Waals surface area contributed by atoms with Crippen LogP contribution in [-0.2, 0) is 19.2 Å². The molecule has 2 aliphatic carbocycles. The number of para-hydroxylation sites is 1. The largest absolute Gasteiger partial charge is 0.504 e. The van der Waals surface area contributed by atoms with Gasteiger partial charge in [0.25, 0.3) is 0 Å². The highest BCUT2D eigenvalue weighted by molar-refractivity contribution is 6.32. The quantitative estimate of drug-likeness (QED) is 0.188. The lowest BCUT2D eigenvalue weighted by Crippen LogP contribution is -2.48. The van der Waals surface area contributed by atoms with E-state index in [1.807, 2.05) is 6.08 Å². The Balaban J connectivity index is 1.36. The molecule has 6 atom stereocenters. The lowest BCUT2D eigenvalue weighted by Gasteiger charge is -2.49. The monoisotopic (exact) mass is 670 g/mol. The van der Waals surface area contributed by atoms with Crippen molar-refractivity contribution >= 4 is 52.4 Å². The van der Waals surface area contributed by atoms with Gasteiger partial charge in [-0.2, -0.15) is 0 Å². The zero-order valence-corrected chi connectivity index (χ0v) is 27.2. The van der Waals surface area contributed by atoms with Crippen LogP contribution in [0.25, 0.3) is 0 Å². The molecule has 2 heterocycles. The third-order valence-electron chi connectivity index (χ3n) is 10.6. The molecule has 0 unspecified atom stereocenters. The molecule has 1 saturated carbocycles. The van der Waals surface area contributed by atoms with Crippen LogP contribution in [0.4, 0.5) is 15.8 Å². The van der Waals surface area contributed by atoms with Gasteiger partial charge in [-0.15, -0.1) is 0 Å². The standard InChI is InChI=1S/C37H32ClFN2O7/c1-4-48-29-7-5-6-24(32(29)43)31-22-13-14-23-30(35(46)40(33(23)44)20-10-8-19(9-11-20)18(2)42)25(22)17-26-34(45)41(36(47)37(26,31)3)21-12-15-28(39)27(38)16-21/h5-13,15-16,23,25-26,30-31,43H,4,14,17H2,1-3H3/t23-,25+,26-,30-,31+,37+/m0/s1. The topological polar surface area (TPSA) is 121 Å². The predicted molar refractivity (Wildman–Crippen MR) is 174 cm³/mol. The molecule has 48 heavy (non-hydrogen) atoms. The fourth-order valence-electron chi connectivity index (χ4n) is 8.37. The van der Waals surface area contributed by atoms with Crippen LogP contribution in [0.3, 0.4) is 0 Å². The molecule has 3 aromatic carbocycles. The second kappa shape index (κ2) is 11.4. The van der Waals surface area contributed by atoms with Gasteiger partial charge >= 0.3 is 0 Å². The summed E-state index contributed by atoms with van der Waals surface area (Å²) in [6, 6.07) is 14.9. The van der Waals surface area contributed by atoms with Gasteiger partial charge in [-0.25, -0.2) is 9.29 Å². The Labute approximate surface area is 280 Å². The Morgan fingerprint density at radius 2 is 1.69 bits per heavy atom. The van der Waals surface area contributed by atoms with Crippen LogP contribution >= 0.6 is 11.6 Å². The predicted octanol–water partition coefficient (Wildman–Crippen LogP) is 6.22. The maximum atomic E-state index is 14.6. The summed E-state index contributed by atoms with van der Waals surface area (Å²) in [5.41, 5.74) is 0.519. The highest BCUT2D eigenvalue weighted by Crippen LogP contribution is 2.65. The SMILES string of the molecule is CCOc1cccc([C@H]2C3=CC[C@@H]4C(=O)N(c5ccc(C(C)=O)cc5)C(=O)[C@@H]4[C@@H]3C[C@H]3C(=O)N(c4ccc(F)c(Cl)c4)C(=O)[C@@]23C)c1O. The maximum absolute atomic E-state index is 14.6. The fraction of sp³-hybridized carbons (Fsp3) is 0.324. The van der Waals surface area contributed by atoms with Gasteiger partial charge in [0, 0.05) is 17.0 Å². The average molecular weight is 671 g/mol. The van der Waals surface area contributed by atoms with E-state index in [0.29, 0.717) is 22.4 Å². The van der Waals surface area contributed by atoms with Crippen LogP contribution in [0.2, 0.25) is 5.02 Å². The van der Waals surface area contributed by atoms with E-state index in [1.165, 1.54) is 19.1 Å². The first-order valence-electron chi connectivity index (χ1n) is 15.9. The van der Waals surface area contributed by atoms with E-state index >= 15 is 0 Å². The molecule has 0 aromatic heterocycles. The van der Waals surface area contributed by atoms with Crippen molar-refractivity contribution < 1.29 is 38.2 Å². The van der Waals surface area contributed by atoms with Crippen molar-refractivity contribution in [3.8, 4) is 11.5 Å². The van der Waals surface area contributed by atoms with Crippen LogP contribution < -0.4 is 14.5 Å². The first-order chi connectivity index (χ1) is 22.9. The highest BCUT2D eigenvalue weighted by atomic mass is 35.5. The van der Waals surface area contributed by atoms with Crippen LogP contribution in [-0.4, -0.2) is 41.1 Å². The molecular weight excluding hydrogens is 639 g/mol. The van der Waals surface area contributed by atoms with Gasteiger partial charge in [-0.05, 0) is 88.1 Å². The third-order valence-corrected chi connectivity index (χ3v) is 10.9. The summed E-state index contributed by atoms with van der Waals surface area (Å²) < 4.78 is 19.8. The normalized spacial score (nSPS) is 27.9. The van der Waals surface area contributed by atoms with E-state index in [-0.39, 0.29) is 53.3 Å². The van der Waals surface area contributed by atoms with Crippen molar-refractivity contribution in [2.75, 3.05) is 16.4 Å². The summed E-state index contributed by atoms with van der Waals surface area (Å²) in [6.45, 7) is 5.16. The van der Waals surface area contributed by atoms with Gasteiger partial charge in [-0.3, -0.25) is 28.9 Å². The number of benzene rings is 3. The molecule has 3 fully saturated rings. The molecule has 3 aromatic rings. The molecule has 7 rings (SSSR count). The molecule has 4 aliphatic rings. The number of nitrogens with zero attached hydrogens (tertiary/aromatic N) is 2. The summed E-state index contributed by atoms with van der Waals surface area (Å²) in [5.74, 6) is -6.69. The van der Waals surface area contributed by atoms with Crippen molar-refractivity contribution in [1.29, 1.82) is 0 Å². The van der Waals surface area contributed by atoms with Crippen molar-refractivity contribution in [3.05, 3.63) is 94.3 Å². The fourth-order valence-corrected chi connectivity index (χ4v) is 8.55. The van der Waals surface area contributed by atoms with E-state index in [9.17, 15) is 33.5 Å². The number of phenols is 1. The van der Waals surface area contributed by atoms with Gasteiger partial charge in [0.15, 0.2) is 17.3 Å². The van der Waals surface area contributed by atoms with E-state index < -0.39 is 58.5 Å². The number of phenolic OH excluding ortho intramolecular Hbond substituents is 1. The summed E-state index contributed by atoms with van der Waals surface area (Å²) in [4.78, 5) is 71.1. The summed E-state index contributed by atoms with van der Waals surface area (Å²) in [5, 5.41) is 11.3. The Bertz CT molecular complexity index is 1960. The van der Waals surface area contributed by atoms with Gasteiger partial charge in [0.05, 0.1) is 46.2 Å². The zero-order valence-electron chi connectivity index (χ0n) is 26.4. The van der Waals surface area contributed by atoms with E-state index in [4.69, 9.17) is 16.3 Å². The Morgan fingerprint density at radius 1 is 0.979 bits per heavy atom. The smallest absolute Gasteiger partial charge is 0.241 e. The van der Waals surface area contributed by atoms with Crippen LogP contribution in [0.15, 0.2) is 72.3 Å². The molecule has 4 amide bonds. The zero-order chi connectivity index (χ0) is 34.2. The minimum absolute atomic E-state index is 0.0953. The van der Waals surface area contributed by atoms with Crippen molar-refractivity contribution in [2.24, 2.45) is 29.1 Å². The van der Waals surface area contributed by atoms with Crippen molar-refractivity contribution in [2.45, 2.75) is 39.5 Å². The Morgan fingerprint density at radius 3 is 2.35 bits per heavy atom. The molecule has 0 radical (unpaired) electrons. The number of anilines is 2.